The Morgan fingerprint density at radius 1 is 1.15 bits per heavy atom. The molecule has 1 saturated heterocycles. The van der Waals surface area contributed by atoms with Crippen LogP contribution < -0.4 is 16.2 Å². The van der Waals surface area contributed by atoms with Gasteiger partial charge in [-0.1, -0.05) is 30.5 Å². The fraction of sp³-hybridized carbons (Fsp3) is 0.444. The van der Waals surface area contributed by atoms with Gasteiger partial charge in [0.05, 0.1) is 11.8 Å². The largest absolute Gasteiger partial charge is 0.331 e. The first-order chi connectivity index (χ1) is 13.0. The van der Waals surface area contributed by atoms with Crippen molar-refractivity contribution in [3.63, 3.8) is 0 Å². The van der Waals surface area contributed by atoms with Gasteiger partial charge in [-0.3, -0.25) is 30.1 Å². The number of halogens is 1. The fourth-order valence-corrected chi connectivity index (χ4v) is 3.94. The van der Waals surface area contributed by atoms with Crippen molar-refractivity contribution in [3.8, 4) is 0 Å². The van der Waals surface area contributed by atoms with Crippen molar-refractivity contribution in [1.82, 2.24) is 15.8 Å². The van der Waals surface area contributed by atoms with Crippen molar-refractivity contribution < 1.29 is 14.4 Å². The molecule has 3 N–H and O–H groups in total. The van der Waals surface area contributed by atoms with Gasteiger partial charge in [-0.2, -0.15) is 0 Å². The van der Waals surface area contributed by atoms with Crippen LogP contribution in [0.4, 0.5) is 5.69 Å². The Balaban J connectivity index is 1.42. The molecule has 1 aromatic carbocycles. The predicted octanol–water partition coefficient (Wildman–Crippen LogP) is 2.22. The van der Waals surface area contributed by atoms with Crippen molar-refractivity contribution in [3.05, 3.63) is 29.3 Å². The molecule has 9 heteroatoms. The van der Waals surface area contributed by atoms with Crippen LogP contribution in [0.25, 0.3) is 0 Å². The minimum Gasteiger partial charge on any atom is -0.331 e. The molecule has 2 atom stereocenters. The lowest BCUT2D eigenvalue weighted by atomic mass is 9.81. The zero-order chi connectivity index (χ0) is 19.4. The van der Waals surface area contributed by atoms with Crippen molar-refractivity contribution in [1.29, 1.82) is 0 Å². The van der Waals surface area contributed by atoms with Gasteiger partial charge in [-0.15, -0.1) is 0 Å². The molecule has 2 aliphatic rings. The standard InChI is InChI=1S/C18H21ClN4O3S/c19-11-4-3-5-12(10-11)20-18(27)22-21-15(24)8-9-23-16(25)13-6-1-2-7-14(13)17(23)26/h3-5,10,13-14H,1-2,6-9H2,(H,21,24)(H2,20,22,27)/t13-,14-/m0/s1. The van der Waals surface area contributed by atoms with Gasteiger partial charge < -0.3 is 5.32 Å². The number of hydrogen-bond donors (Lipinski definition) is 3. The normalized spacial score (nSPS) is 21.6. The molecular weight excluding hydrogens is 388 g/mol. The van der Waals surface area contributed by atoms with Gasteiger partial charge in [0.1, 0.15) is 0 Å². The van der Waals surface area contributed by atoms with Gasteiger partial charge in [-0.25, -0.2) is 0 Å². The number of nitrogens with one attached hydrogen (secondary N) is 3. The van der Waals surface area contributed by atoms with Crippen LogP contribution in [0.2, 0.25) is 5.02 Å². The van der Waals surface area contributed by atoms with E-state index in [0.717, 1.165) is 25.7 Å². The molecule has 0 unspecified atom stereocenters. The summed E-state index contributed by atoms with van der Waals surface area (Å²) in [7, 11) is 0. The summed E-state index contributed by atoms with van der Waals surface area (Å²) in [6, 6.07) is 6.99. The van der Waals surface area contributed by atoms with Crippen LogP contribution in [-0.4, -0.2) is 34.3 Å². The summed E-state index contributed by atoms with van der Waals surface area (Å²) in [5.74, 6) is -1.02. The Labute approximate surface area is 167 Å². The first-order valence-corrected chi connectivity index (χ1v) is 9.71. The second-order valence-electron chi connectivity index (χ2n) is 6.71. The van der Waals surface area contributed by atoms with Gasteiger partial charge in [0, 0.05) is 23.7 Å². The molecule has 0 bridgehead atoms. The number of nitrogens with zero attached hydrogens (tertiary/aromatic N) is 1. The number of fused-ring (bicyclic) bond motifs is 1. The molecule has 3 rings (SSSR count). The maximum Gasteiger partial charge on any atom is 0.240 e. The molecule has 1 aromatic rings. The number of anilines is 1. The SMILES string of the molecule is O=C(CCN1C(=O)[C@H]2CCCC[C@@H]2C1=O)NNC(=S)Nc1cccc(Cl)c1. The highest BCUT2D eigenvalue weighted by atomic mass is 35.5. The van der Waals surface area contributed by atoms with E-state index in [-0.39, 0.29) is 47.6 Å². The van der Waals surface area contributed by atoms with Crippen LogP contribution in [-0.2, 0) is 14.4 Å². The van der Waals surface area contributed by atoms with E-state index >= 15 is 0 Å². The summed E-state index contributed by atoms with van der Waals surface area (Å²) in [6.45, 7) is 0.0899. The van der Waals surface area contributed by atoms with E-state index in [1.807, 2.05) is 0 Å². The minimum absolute atomic E-state index is 0.0176. The van der Waals surface area contributed by atoms with Gasteiger partial charge in [0.15, 0.2) is 5.11 Å². The maximum absolute atomic E-state index is 12.4. The number of imide groups is 1. The lowest BCUT2D eigenvalue weighted by Crippen LogP contribution is -2.45. The number of likely N-dealkylation sites (tertiary alicyclic amines) is 1. The Kier molecular flexibility index (Phi) is 6.28. The third-order valence-electron chi connectivity index (χ3n) is 4.89. The number of hydrazine groups is 1. The van der Waals surface area contributed by atoms with Crippen molar-refractivity contribution in [2.24, 2.45) is 11.8 Å². The van der Waals surface area contributed by atoms with Crippen LogP contribution in [0.5, 0.6) is 0 Å². The van der Waals surface area contributed by atoms with E-state index in [0.29, 0.717) is 10.7 Å². The molecule has 1 aliphatic carbocycles. The Bertz CT molecular complexity index is 749. The summed E-state index contributed by atoms with van der Waals surface area (Å²) < 4.78 is 0. The van der Waals surface area contributed by atoms with E-state index in [4.69, 9.17) is 23.8 Å². The zero-order valence-corrected chi connectivity index (χ0v) is 16.2. The van der Waals surface area contributed by atoms with Gasteiger partial charge in [-0.05, 0) is 43.3 Å². The number of thiocarbonyl (C=S) groups is 1. The third-order valence-corrected chi connectivity index (χ3v) is 5.33. The molecule has 27 heavy (non-hydrogen) atoms. The number of hydrogen-bond acceptors (Lipinski definition) is 4. The van der Waals surface area contributed by atoms with Crippen LogP contribution in [0.15, 0.2) is 24.3 Å². The Morgan fingerprint density at radius 3 is 2.44 bits per heavy atom. The molecule has 144 valence electrons. The van der Waals surface area contributed by atoms with Crippen LogP contribution >= 0.6 is 23.8 Å². The maximum atomic E-state index is 12.4. The van der Waals surface area contributed by atoms with Gasteiger partial charge in [0.25, 0.3) is 0 Å². The average molecular weight is 409 g/mol. The van der Waals surface area contributed by atoms with Gasteiger partial charge in [0.2, 0.25) is 17.7 Å². The second kappa shape index (κ2) is 8.67. The van der Waals surface area contributed by atoms with Crippen LogP contribution in [0.3, 0.4) is 0 Å². The van der Waals surface area contributed by atoms with E-state index < -0.39 is 0 Å². The molecule has 3 amide bonds. The Morgan fingerprint density at radius 2 is 1.81 bits per heavy atom. The number of amides is 3. The topological polar surface area (TPSA) is 90.5 Å². The Hall–Kier alpha value is -2.19. The van der Waals surface area contributed by atoms with Crippen molar-refractivity contribution in [2.45, 2.75) is 32.1 Å². The average Bonchev–Trinajstić information content (AvgIpc) is 2.89. The molecule has 7 nitrogen and oxygen atoms in total. The predicted molar refractivity (Wildman–Crippen MR) is 106 cm³/mol. The number of benzene rings is 1. The van der Waals surface area contributed by atoms with E-state index in [1.54, 1.807) is 24.3 Å². The summed E-state index contributed by atoms with van der Waals surface area (Å²) in [5, 5.41) is 3.65. The van der Waals surface area contributed by atoms with Crippen LogP contribution in [0, 0.1) is 11.8 Å². The van der Waals surface area contributed by atoms with E-state index in [1.165, 1.54) is 4.90 Å². The van der Waals surface area contributed by atoms with Crippen molar-refractivity contribution >= 4 is 52.3 Å². The monoisotopic (exact) mass is 408 g/mol. The molecule has 1 aliphatic heterocycles. The highest BCUT2D eigenvalue weighted by molar-refractivity contribution is 7.80. The molecule has 1 heterocycles. The zero-order valence-electron chi connectivity index (χ0n) is 14.7. The highest BCUT2D eigenvalue weighted by Crippen LogP contribution is 2.37. The molecular formula is C18H21ClN4O3S. The summed E-state index contributed by atoms with van der Waals surface area (Å²) in [5.41, 5.74) is 5.73. The van der Waals surface area contributed by atoms with Crippen molar-refractivity contribution in [2.75, 3.05) is 11.9 Å². The molecule has 1 saturated carbocycles. The molecule has 2 fully saturated rings. The minimum atomic E-state index is -0.360. The number of rotatable bonds is 4. The highest BCUT2D eigenvalue weighted by Gasteiger charge is 2.47. The second-order valence-corrected chi connectivity index (χ2v) is 7.56. The summed E-state index contributed by atoms with van der Waals surface area (Å²) in [4.78, 5) is 38.0. The summed E-state index contributed by atoms with van der Waals surface area (Å²) >= 11 is 11.0. The molecule has 0 radical (unpaired) electrons. The van der Waals surface area contributed by atoms with E-state index in [2.05, 4.69) is 16.2 Å². The third kappa shape index (κ3) is 4.75. The van der Waals surface area contributed by atoms with E-state index in [9.17, 15) is 14.4 Å². The first kappa shape index (κ1) is 19.6. The number of carbonyl (C=O) groups excluding carboxylic acids is 3. The smallest absolute Gasteiger partial charge is 0.240 e. The lowest BCUT2D eigenvalue weighted by Gasteiger charge is -2.19. The molecule has 0 aromatic heterocycles. The van der Waals surface area contributed by atoms with Crippen LogP contribution in [0.1, 0.15) is 32.1 Å². The van der Waals surface area contributed by atoms with Gasteiger partial charge >= 0.3 is 0 Å². The quantitative estimate of drug-likeness (QED) is 0.402. The lowest BCUT2D eigenvalue weighted by molar-refractivity contribution is -0.140. The number of carbonyl (C=O) groups is 3. The molecule has 0 spiro atoms. The summed E-state index contributed by atoms with van der Waals surface area (Å²) in [6.07, 6.45) is 3.51. The first-order valence-electron chi connectivity index (χ1n) is 8.92. The fourth-order valence-electron chi connectivity index (χ4n) is 3.58.